The number of rotatable bonds is 4. The molecule has 0 aromatic carbocycles. The molecule has 0 spiro atoms. The van der Waals surface area contributed by atoms with Crippen LogP contribution in [-0.4, -0.2) is 37.3 Å². The second kappa shape index (κ2) is 5.89. The Morgan fingerprint density at radius 2 is 2.00 bits per heavy atom. The van der Waals surface area contributed by atoms with Gasteiger partial charge in [0, 0.05) is 11.4 Å². The zero-order valence-corrected chi connectivity index (χ0v) is 14.2. The number of hydrogen-bond donors (Lipinski definition) is 2. The topological polar surface area (TPSA) is 97.1 Å². The molecule has 0 saturated heterocycles. The fourth-order valence-corrected chi connectivity index (χ4v) is 3.33. The molecule has 128 valence electrons. The second-order valence-electron chi connectivity index (χ2n) is 6.77. The lowest BCUT2D eigenvalue weighted by atomic mass is 9.97. The fourth-order valence-electron chi connectivity index (χ4n) is 3.33. The molecule has 0 atom stereocenters. The average molecular weight is 330 g/mol. The first-order chi connectivity index (χ1) is 11.3. The van der Waals surface area contributed by atoms with Crippen molar-refractivity contribution < 1.29 is 14.7 Å². The van der Waals surface area contributed by atoms with Gasteiger partial charge >= 0.3 is 5.97 Å². The average Bonchev–Trinajstić information content (AvgIpc) is 3.13. The zero-order valence-electron chi connectivity index (χ0n) is 14.2. The molecule has 1 fully saturated rings. The SMILES string of the molecule is Cc1nc2c(cnn2C(C)C)cc1C(=O)NC1(C(=O)O)CCCC1. The van der Waals surface area contributed by atoms with Crippen LogP contribution in [0.3, 0.4) is 0 Å². The number of aromatic nitrogens is 3. The maximum atomic E-state index is 12.7. The van der Waals surface area contributed by atoms with Gasteiger partial charge in [-0.1, -0.05) is 12.8 Å². The molecule has 2 N–H and O–H groups in total. The van der Waals surface area contributed by atoms with Gasteiger partial charge < -0.3 is 10.4 Å². The van der Waals surface area contributed by atoms with Crippen molar-refractivity contribution in [3.8, 4) is 0 Å². The minimum absolute atomic E-state index is 0.169. The van der Waals surface area contributed by atoms with Gasteiger partial charge in [-0.2, -0.15) is 5.10 Å². The van der Waals surface area contributed by atoms with Crippen LogP contribution in [0.2, 0.25) is 0 Å². The van der Waals surface area contributed by atoms with Crippen LogP contribution in [0.5, 0.6) is 0 Å². The molecule has 1 amide bonds. The largest absolute Gasteiger partial charge is 0.480 e. The van der Waals surface area contributed by atoms with Crippen LogP contribution in [-0.2, 0) is 4.79 Å². The first kappa shape index (κ1) is 16.4. The van der Waals surface area contributed by atoms with Gasteiger partial charge in [-0.25, -0.2) is 14.5 Å². The molecule has 0 radical (unpaired) electrons. The van der Waals surface area contributed by atoms with E-state index in [4.69, 9.17) is 0 Å². The van der Waals surface area contributed by atoms with Crippen LogP contribution in [0.15, 0.2) is 12.3 Å². The zero-order chi connectivity index (χ0) is 17.5. The van der Waals surface area contributed by atoms with E-state index in [0.717, 1.165) is 23.9 Å². The summed E-state index contributed by atoms with van der Waals surface area (Å²) in [5.41, 5.74) is 0.549. The van der Waals surface area contributed by atoms with Crippen LogP contribution in [0.1, 0.15) is 61.6 Å². The number of carbonyl (C=O) groups is 2. The minimum Gasteiger partial charge on any atom is -0.480 e. The maximum absolute atomic E-state index is 12.7. The maximum Gasteiger partial charge on any atom is 0.329 e. The monoisotopic (exact) mass is 330 g/mol. The Bertz CT molecular complexity index is 804. The number of carboxylic acid groups (broad SMARTS) is 1. The van der Waals surface area contributed by atoms with Crippen molar-refractivity contribution in [1.29, 1.82) is 0 Å². The summed E-state index contributed by atoms with van der Waals surface area (Å²) in [6.07, 6.45) is 4.23. The van der Waals surface area contributed by atoms with Crippen molar-refractivity contribution in [2.24, 2.45) is 0 Å². The van der Waals surface area contributed by atoms with Gasteiger partial charge in [0.05, 0.1) is 17.5 Å². The highest BCUT2D eigenvalue weighted by Gasteiger charge is 2.43. The van der Waals surface area contributed by atoms with Crippen LogP contribution in [0.25, 0.3) is 11.0 Å². The third-order valence-electron chi connectivity index (χ3n) is 4.71. The van der Waals surface area contributed by atoms with E-state index >= 15 is 0 Å². The Hall–Kier alpha value is -2.44. The van der Waals surface area contributed by atoms with Crippen LogP contribution in [0.4, 0.5) is 0 Å². The highest BCUT2D eigenvalue weighted by Crippen LogP contribution is 2.30. The molecular weight excluding hydrogens is 308 g/mol. The van der Waals surface area contributed by atoms with Gasteiger partial charge in [0.2, 0.25) is 0 Å². The van der Waals surface area contributed by atoms with E-state index < -0.39 is 11.5 Å². The van der Waals surface area contributed by atoms with E-state index in [1.807, 2.05) is 13.8 Å². The highest BCUT2D eigenvalue weighted by molar-refractivity contribution is 6.00. The smallest absolute Gasteiger partial charge is 0.329 e. The van der Waals surface area contributed by atoms with E-state index in [1.54, 1.807) is 23.9 Å². The minimum atomic E-state index is -1.15. The molecule has 1 aliphatic carbocycles. The third-order valence-corrected chi connectivity index (χ3v) is 4.71. The lowest BCUT2D eigenvalue weighted by Gasteiger charge is -2.25. The molecule has 2 aromatic rings. The van der Waals surface area contributed by atoms with Gasteiger partial charge in [0.1, 0.15) is 5.54 Å². The van der Waals surface area contributed by atoms with Crippen molar-refractivity contribution in [3.05, 3.63) is 23.5 Å². The summed E-state index contributed by atoms with van der Waals surface area (Å²) in [7, 11) is 0. The van der Waals surface area contributed by atoms with Gasteiger partial charge in [-0.15, -0.1) is 0 Å². The molecule has 1 saturated carbocycles. The molecule has 2 heterocycles. The van der Waals surface area contributed by atoms with Gasteiger partial charge in [0.25, 0.3) is 5.91 Å². The number of nitrogens with zero attached hydrogens (tertiary/aromatic N) is 3. The number of pyridine rings is 1. The number of fused-ring (bicyclic) bond motifs is 1. The van der Waals surface area contributed by atoms with Crippen molar-refractivity contribution in [3.63, 3.8) is 0 Å². The Balaban J connectivity index is 1.95. The van der Waals surface area contributed by atoms with Crippen molar-refractivity contribution in [2.45, 2.75) is 58.0 Å². The number of amides is 1. The summed E-state index contributed by atoms with van der Waals surface area (Å²) < 4.78 is 1.81. The predicted octanol–water partition coefficient (Wildman–Crippen LogP) is 2.45. The summed E-state index contributed by atoms with van der Waals surface area (Å²) in [5.74, 6) is -1.35. The fraction of sp³-hybridized carbons (Fsp3) is 0.529. The Labute approximate surface area is 140 Å². The van der Waals surface area contributed by atoms with E-state index in [2.05, 4.69) is 15.4 Å². The Morgan fingerprint density at radius 3 is 2.58 bits per heavy atom. The first-order valence-corrected chi connectivity index (χ1v) is 8.25. The summed E-state index contributed by atoms with van der Waals surface area (Å²) in [6.45, 7) is 5.79. The van der Waals surface area contributed by atoms with E-state index in [0.29, 0.717) is 24.1 Å². The molecular formula is C17H22N4O3. The summed E-state index contributed by atoms with van der Waals surface area (Å²) in [5, 5.41) is 17.3. The summed E-state index contributed by atoms with van der Waals surface area (Å²) in [4.78, 5) is 28.8. The Morgan fingerprint density at radius 1 is 1.33 bits per heavy atom. The molecule has 0 aliphatic heterocycles. The van der Waals surface area contributed by atoms with Crippen molar-refractivity contribution in [2.75, 3.05) is 0 Å². The number of carboxylic acids is 1. The number of carbonyl (C=O) groups excluding carboxylic acids is 1. The number of nitrogens with one attached hydrogen (secondary N) is 1. The van der Waals surface area contributed by atoms with Crippen LogP contribution >= 0.6 is 0 Å². The van der Waals surface area contributed by atoms with Gasteiger partial charge in [-0.05, 0) is 39.7 Å². The highest BCUT2D eigenvalue weighted by atomic mass is 16.4. The molecule has 24 heavy (non-hydrogen) atoms. The number of hydrogen-bond acceptors (Lipinski definition) is 4. The lowest BCUT2D eigenvalue weighted by Crippen LogP contribution is -2.52. The molecule has 7 heteroatoms. The quantitative estimate of drug-likeness (QED) is 0.897. The lowest BCUT2D eigenvalue weighted by molar-refractivity contribution is -0.144. The molecule has 7 nitrogen and oxygen atoms in total. The van der Waals surface area contributed by atoms with Crippen molar-refractivity contribution in [1.82, 2.24) is 20.1 Å². The molecule has 2 aromatic heterocycles. The summed E-state index contributed by atoms with van der Waals surface area (Å²) in [6, 6.07) is 1.91. The van der Waals surface area contributed by atoms with Gasteiger partial charge in [-0.3, -0.25) is 4.79 Å². The van der Waals surface area contributed by atoms with Gasteiger partial charge in [0.15, 0.2) is 5.65 Å². The van der Waals surface area contributed by atoms with E-state index in [1.165, 1.54) is 0 Å². The van der Waals surface area contributed by atoms with Crippen LogP contribution in [0, 0.1) is 6.92 Å². The normalized spacial score (nSPS) is 16.7. The number of aliphatic carboxylic acids is 1. The van der Waals surface area contributed by atoms with E-state index in [-0.39, 0.29) is 11.9 Å². The molecule has 3 rings (SSSR count). The second-order valence-corrected chi connectivity index (χ2v) is 6.77. The standard InChI is InChI=1S/C17H22N4O3/c1-10(2)21-14-12(9-18-21)8-13(11(3)19-14)15(22)20-17(16(23)24)6-4-5-7-17/h8-10H,4-7H2,1-3H3,(H,20,22)(H,23,24). The number of aryl methyl sites for hydroxylation is 1. The molecule has 1 aliphatic rings. The Kier molecular flexibility index (Phi) is 4.03. The van der Waals surface area contributed by atoms with E-state index in [9.17, 15) is 14.7 Å². The first-order valence-electron chi connectivity index (χ1n) is 8.25. The third kappa shape index (κ3) is 2.64. The van der Waals surface area contributed by atoms with Crippen LogP contribution < -0.4 is 5.32 Å². The predicted molar refractivity (Wildman–Crippen MR) is 89.0 cm³/mol. The summed E-state index contributed by atoms with van der Waals surface area (Å²) >= 11 is 0. The molecule has 0 bridgehead atoms. The van der Waals surface area contributed by atoms with Crippen molar-refractivity contribution >= 4 is 22.9 Å². The molecule has 0 unspecified atom stereocenters.